The van der Waals surface area contributed by atoms with Crippen molar-refractivity contribution >= 4 is 11.6 Å². The molecule has 2 bridgehead atoms. The van der Waals surface area contributed by atoms with Gasteiger partial charge < -0.3 is 4.74 Å². The number of hydrogen-bond donors (Lipinski definition) is 0. The van der Waals surface area contributed by atoms with E-state index in [2.05, 4.69) is 6.92 Å². The van der Waals surface area contributed by atoms with E-state index in [1.165, 1.54) is 5.57 Å². The molecule has 0 aromatic rings. The van der Waals surface area contributed by atoms with E-state index in [0.29, 0.717) is 41.7 Å². The average molecular weight is 314 g/mol. The summed E-state index contributed by atoms with van der Waals surface area (Å²) >= 11 is 0. The van der Waals surface area contributed by atoms with E-state index in [9.17, 15) is 9.59 Å². The van der Waals surface area contributed by atoms with E-state index in [1.54, 1.807) is 0 Å². The van der Waals surface area contributed by atoms with Crippen LogP contribution in [0.15, 0.2) is 11.6 Å². The Morgan fingerprint density at radius 2 is 2.00 bits per heavy atom. The number of carbonyl (C=O) groups excluding carboxylic acids is 2. The van der Waals surface area contributed by atoms with Crippen LogP contribution in [0.1, 0.15) is 51.9 Å². The predicted octanol–water partition coefficient (Wildman–Crippen LogP) is 3.32. The molecule has 4 fully saturated rings. The first-order valence-corrected chi connectivity index (χ1v) is 9.40. The van der Waals surface area contributed by atoms with Crippen molar-refractivity contribution in [2.45, 2.75) is 51.9 Å². The lowest BCUT2D eigenvalue weighted by Crippen LogP contribution is -2.58. The Bertz CT molecular complexity index is 620. The molecule has 0 spiro atoms. The summed E-state index contributed by atoms with van der Waals surface area (Å²) in [6, 6.07) is 0. The molecule has 3 nitrogen and oxygen atoms in total. The van der Waals surface area contributed by atoms with Crippen molar-refractivity contribution in [3.63, 3.8) is 0 Å². The smallest absolute Gasteiger partial charge is 0.155 e. The first-order chi connectivity index (χ1) is 11.0. The zero-order valence-corrected chi connectivity index (χ0v) is 14.0. The van der Waals surface area contributed by atoms with Crippen molar-refractivity contribution in [2.24, 2.45) is 34.5 Å². The van der Waals surface area contributed by atoms with Crippen LogP contribution in [0.4, 0.5) is 0 Å². The molecule has 1 aliphatic heterocycles. The quantitative estimate of drug-likeness (QED) is 0.689. The van der Waals surface area contributed by atoms with Gasteiger partial charge in [0.25, 0.3) is 0 Å². The number of fused-ring (bicyclic) bond motifs is 3. The first-order valence-electron chi connectivity index (χ1n) is 9.40. The third-order valence-corrected chi connectivity index (χ3v) is 8.24. The second kappa shape index (κ2) is 4.56. The van der Waals surface area contributed by atoms with Crippen molar-refractivity contribution in [3.8, 4) is 0 Å². The Morgan fingerprint density at radius 3 is 2.87 bits per heavy atom. The minimum atomic E-state index is -0.0569. The standard InChI is InChI=1S/C20H26O3/c1-19-6-5-16-14(15(19)2-3-18(19)22)8-12-10-23-11-20(16)7-4-13(21)9-17(12)20/h9,12,14-16H,2-8,10-11H2,1H3/t12?,14-,15-,16-,19-,20-/m0/s1. The van der Waals surface area contributed by atoms with Crippen LogP contribution in [-0.4, -0.2) is 24.8 Å². The molecule has 4 aliphatic carbocycles. The monoisotopic (exact) mass is 314 g/mol. The third kappa shape index (κ3) is 1.70. The zero-order chi connectivity index (χ0) is 15.8. The second-order valence-electron chi connectivity index (χ2n) is 8.96. The Morgan fingerprint density at radius 1 is 1.13 bits per heavy atom. The summed E-state index contributed by atoms with van der Waals surface area (Å²) in [6.45, 7) is 3.82. The SMILES string of the molecule is C[C@]12CC[C@H]3[C@@H](CC4COC[C@@]35CCC(=O)C=C45)[C@@H]1CCC2=O. The maximum Gasteiger partial charge on any atom is 0.155 e. The molecular formula is C20H26O3. The van der Waals surface area contributed by atoms with Gasteiger partial charge in [0.15, 0.2) is 5.78 Å². The Hall–Kier alpha value is -0.960. The van der Waals surface area contributed by atoms with Gasteiger partial charge in [0.1, 0.15) is 5.78 Å². The summed E-state index contributed by atoms with van der Waals surface area (Å²) in [5.74, 6) is 3.12. The van der Waals surface area contributed by atoms with Gasteiger partial charge >= 0.3 is 0 Å². The molecule has 0 N–H and O–H groups in total. The van der Waals surface area contributed by atoms with Crippen LogP contribution in [0.25, 0.3) is 0 Å². The van der Waals surface area contributed by atoms with Gasteiger partial charge in [-0.2, -0.15) is 0 Å². The fourth-order valence-corrected chi connectivity index (χ4v) is 7.14. The van der Waals surface area contributed by atoms with Crippen molar-refractivity contribution in [3.05, 3.63) is 11.6 Å². The van der Waals surface area contributed by atoms with Crippen LogP contribution in [-0.2, 0) is 14.3 Å². The van der Waals surface area contributed by atoms with Crippen molar-refractivity contribution in [2.75, 3.05) is 13.2 Å². The molecule has 1 heterocycles. The minimum absolute atomic E-state index is 0.0569. The molecule has 0 aromatic heterocycles. The highest BCUT2D eigenvalue weighted by atomic mass is 16.5. The van der Waals surface area contributed by atoms with Crippen molar-refractivity contribution in [1.82, 2.24) is 0 Å². The van der Waals surface area contributed by atoms with Gasteiger partial charge in [-0.05, 0) is 55.9 Å². The van der Waals surface area contributed by atoms with Crippen LogP contribution in [0, 0.1) is 34.5 Å². The van der Waals surface area contributed by atoms with Crippen LogP contribution in [0.5, 0.6) is 0 Å². The largest absolute Gasteiger partial charge is 0.380 e. The Kier molecular flexibility index (Phi) is 2.85. The first kappa shape index (κ1) is 14.4. The lowest BCUT2D eigenvalue weighted by molar-refractivity contribution is -0.146. The van der Waals surface area contributed by atoms with E-state index < -0.39 is 0 Å². The number of carbonyl (C=O) groups is 2. The maximum absolute atomic E-state index is 12.5. The predicted molar refractivity (Wildman–Crippen MR) is 85.7 cm³/mol. The summed E-state index contributed by atoms with van der Waals surface area (Å²) in [7, 11) is 0. The second-order valence-corrected chi connectivity index (χ2v) is 8.96. The topological polar surface area (TPSA) is 43.4 Å². The molecule has 1 unspecified atom stereocenters. The maximum atomic E-state index is 12.5. The van der Waals surface area contributed by atoms with Gasteiger partial charge in [0.2, 0.25) is 0 Å². The minimum Gasteiger partial charge on any atom is -0.380 e. The molecular weight excluding hydrogens is 288 g/mol. The van der Waals surface area contributed by atoms with E-state index >= 15 is 0 Å². The summed E-state index contributed by atoms with van der Waals surface area (Å²) in [4.78, 5) is 24.5. The van der Waals surface area contributed by atoms with Crippen LogP contribution >= 0.6 is 0 Å². The van der Waals surface area contributed by atoms with Gasteiger partial charge in [-0.25, -0.2) is 0 Å². The lowest BCUT2D eigenvalue weighted by Gasteiger charge is -2.61. The third-order valence-electron chi connectivity index (χ3n) is 8.24. The van der Waals surface area contributed by atoms with Crippen molar-refractivity contribution < 1.29 is 14.3 Å². The normalized spacial score (nSPS) is 51.6. The molecule has 23 heavy (non-hydrogen) atoms. The Labute approximate surface area is 137 Å². The zero-order valence-electron chi connectivity index (χ0n) is 14.0. The van der Waals surface area contributed by atoms with Gasteiger partial charge in [-0.15, -0.1) is 0 Å². The Balaban J connectivity index is 1.59. The van der Waals surface area contributed by atoms with E-state index in [0.717, 1.165) is 51.7 Å². The average Bonchev–Trinajstić information content (AvgIpc) is 2.83. The summed E-state index contributed by atoms with van der Waals surface area (Å²) in [6.07, 6.45) is 8.87. The summed E-state index contributed by atoms with van der Waals surface area (Å²) in [5.41, 5.74) is 1.49. The fraction of sp³-hybridized carbons (Fsp3) is 0.800. The van der Waals surface area contributed by atoms with Crippen LogP contribution in [0.3, 0.4) is 0 Å². The van der Waals surface area contributed by atoms with Gasteiger partial charge in [0, 0.05) is 29.6 Å². The van der Waals surface area contributed by atoms with Crippen molar-refractivity contribution in [1.29, 1.82) is 0 Å². The van der Waals surface area contributed by atoms with Gasteiger partial charge in [-0.1, -0.05) is 12.5 Å². The van der Waals surface area contributed by atoms with E-state index in [-0.39, 0.29) is 10.8 Å². The van der Waals surface area contributed by atoms with Gasteiger partial charge in [0.05, 0.1) is 13.2 Å². The molecule has 0 amide bonds. The highest BCUT2D eigenvalue weighted by molar-refractivity contribution is 5.92. The number of ketones is 2. The number of rotatable bonds is 0. The molecule has 3 heteroatoms. The highest BCUT2D eigenvalue weighted by Gasteiger charge is 2.62. The highest BCUT2D eigenvalue weighted by Crippen LogP contribution is 2.66. The molecule has 5 aliphatic rings. The van der Waals surface area contributed by atoms with E-state index in [1.807, 2.05) is 6.08 Å². The number of Topliss-reactive ketones (excluding diaryl/α,β-unsaturated/α-hetero) is 1. The molecule has 124 valence electrons. The molecule has 3 saturated carbocycles. The molecule has 6 atom stereocenters. The number of hydrogen-bond acceptors (Lipinski definition) is 3. The van der Waals surface area contributed by atoms with E-state index in [4.69, 9.17) is 4.74 Å². The summed E-state index contributed by atoms with van der Waals surface area (Å²) < 4.78 is 6.02. The molecule has 0 aromatic carbocycles. The molecule has 5 rings (SSSR count). The van der Waals surface area contributed by atoms with Gasteiger partial charge in [-0.3, -0.25) is 9.59 Å². The lowest BCUT2D eigenvalue weighted by atomic mass is 9.45. The van der Waals surface area contributed by atoms with Crippen LogP contribution < -0.4 is 0 Å². The van der Waals surface area contributed by atoms with Crippen LogP contribution in [0.2, 0.25) is 0 Å². The summed E-state index contributed by atoms with van der Waals surface area (Å²) in [5, 5.41) is 0. The molecule has 0 radical (unpaired) electrons. The fourth-order valence-electron chi connectivity index (χ4n) is 7.14. The molecule has 1 saturated heterocycles. The number of ether oxygens (including phenoxy) is 1.